The van der Waals surface area contributed by atoms with Gasteiger partial charge in [0.2, 0.25) is 0 Å². The Bertz CT molecular complexity index is 170. The van der Waals surface area contributed by atoms with E-state index in [1.54, 1.807) is 0 Å². The minimum Gasteiger partial charge on any atom is -0.309 e. The number of hydrogen-bond acceptors (Lipinski definition) is 6. The first-order chi connectivity index (χ1) is 6.29. The summed E-state index contributed by atoms with van der Waals surface area (Å²) in [6, 6.07) is 0. The summed E-state index contributed by atoms with van der Waals surface area (Å²) in [5, 5.41) is 2.29. The van der Waals surface area contributed by atoms with E-state index in [0.29, 0.717) is 0 Å². The molecule has 1 nitrogen and oxygen atoms in total. The maximum absolute atomic E-state index is 2.29. The first-order valence-electron chi connectivity index (χ1n) is 3.96. The van der Waals surface area contributed by atoms with Crippen LogP contribution in [0.1, 0.15) is 12.8 Å². The maximum atomic E-state index is 2.29. The third-order valence-corrected chi connectivity index (χ3v) is 9.79. The van der Waals surface area contributed by atoms with Gasteiger partial charge < -0.3 is 4.90 Å². The van der Waals surface area contributed by atoms with E-state index in [2.05, 4.69) is 24.4 Å². The zero-order valence-electron chi connectivity index (χ0n) is 7.69. The highest BCUT2D eigenvalue weighted by atomic mass is 33.8. The summed E-state index contributed by atoms with van der Waals surface area (Å²) in [5.74, 6) is 0. The van der Waals surface area contributed by atoms with Gasteiger partial charge in [0.25, 0.3) is 0 Å². The molecule has 1 heterocycles. The van der Waals surface area contributed by atoms with Gasteiger partial charge in [-0.05, 0) is 79.2 Å². The predicted octanol–water partition coefficient (Wildman–Crippen LogP) is 4.51. The lowest BCUT2D eigenvalue weighted by molar-refractivity contribution is 0.401. The molecule has 0 radical (unpaired) electrons. The standard InChI is InChI=1S/C7H13NS5/c1-8(2)5-3-4-7-6-9-11-13-12-10-7/h6H,3-5H2,1-2H3. The fourth-order valence-corrected chi connectivity index (χ4v) is 9.52. The average molecular weight is 272 g/mol. The number of rotatable bonds is 4. The van der Waals surface area contributed by atoms with Crippen molar-refractivity contribution in [1.29, 1.82) is 0 Å². The lowest BCUT2D eigenvalue weighted by Crippen LogP contribution is -2.12. The van der Waals surface area contributed by atoms with Crippen molar-refractivity contribution in [3.8, 4) is 0 Å². The Hall–Kier alpha value is 1.45. The number of allylic oxidation sites excluding steroid dienone is 1. The molecular weight excluding hydrogens is 258 g/mol. The Balaban J connectivity index is 2.15. The molecule has 0 aliphatic carbocycles. The van der Waals surface area contributed by atoms with E-state index in [1.165, 1.54) is 24.3 Å². The molecule has 0 spiro atoms. The molecular formula is C7H13NS5. The number of hydrogen-bond donors (Lipinski definition) is 0. The molecule has 0 aromatic heterocycles. The van der Waals surface area contributed by atoms with Gasteiger partial charge in [-0.3, -0.25) is 0 Å². The van der Waals surface area contributed by atoms with Crippen molar-refractivity contribution in [1.82, 2.24) is 4.90 Å². The van der Waals surface area contributed by atoms with Gasteiger partial charge >= 0.3 is 0 Å². The van der Waals surface area contributed by atoms with Crippen LogP contribution >= 0.6 is 51.1 Å². The molecule has 0 saturated carbocycles. The van der Waals surface area contributed by atoms with Crippen molar-refractivity contribution in [2.24, 2.45) is 0 Å². The first kappa shape index (κ1) is 12.5. The summed E-state index contributed by atoms with van der Waals surface area (Å²) < 4.78 is 0. The molecule has 0 aromatic rings. The van der Waals surface area contributed by atoms with Crippen LogP contribution in [-0.4, -0.2) is 25.5 Å². The van der Waals surface area contributed by atoms with Crippen LogP contribution < -0.4 is 0 Å². The van der Waals surface area contributed by atoms with Crippen LogP contribution in [0.2, 0.25) is 0 Å². The zero-order chi connectivity index (χ0) is 9.52. The van der Waals surface area contributed by atoms with Gasteiger partial charge in [0.1, 0.15) is 0 Å². The number of nitrogens with zero attached hydrogens (tertiary/aromatic N) is 1. The van der Waals surface area contributed by atoms with E-state index in [-0.39, 0.29) is 0 Å². The summed E-state index contributed by atoms with van der Waals surface area (Å²) in [7, 11) is 13.6. The van der Waals surface area contributed by atoms with Crippen LogP contribution in [0.15, 0.2) is 10.3 Å². The molecule has 76 valence electrons. The lowest BCUT2D eigenvalue weighted by Gasteiger charge is -2.09. The molecule has 0 saturated heterocycles. The van der Waals surface area contributed by atoms with Crippen molar-refractivity contribution in [3.63, 3.8) is 0 Å². The zero-order valence-corrected chi connectivity index (χ0v) is 11.8. The molecule has 1 aliphatic heterocycles. The monoisotopic (exact) mass is 271 g/mol. The molecule has 0 aromatic carbocycles. The Labute approximate surface area is 99.2 Å². The third-order valence-electron chi connectivity index (χ3n) is 1.44. The second-order valence-corrected chi connectivity index (χ2v) is 10.4. The van der Waals surface area contributed by atoms with E-state index in [9.17, 15) is 0 Å². The fourth-order valence-electron chi connectivity index (χ4n) is 0.848. The molecule has 0 N–H and O–H groups in total. The quantitative estimate of drug-likeness (QED) is 0.687. The Morgan fingerprint density at radius 3 is 2.85 bits per heavy atom. The topological polar surface area (TPSA) is 3.24 Å². The molecule has 0 atom stereocenters. The van der Waals surface area contributed by atoms with Crippen LogP contribution in [0.25, 0.3) is 0 Å². The first-order valence-corrected chi connectivity index (χ1v) is 10.2. The van der Waals surface area contributed by atoms with Crippen molar-refractivity contribution >= 4 is 51.1 Å². The summed E-state index contributed by atoms with van der Waals surface area (Å²) in [4.78, 5) is 3.76. The SMILES string of the molecule is CN(C)CCCC1=CSSSSS1. The Kier molecular flexibility index (Phi) is 7.42. The highest BCUT2D eigenvalue weighted by molar-refractivity contribution is 9.36. The minimum absolute atomic E-state index is 1.19. The highest BCUT2D eigenvalue weighted by Gasteiger charge is 2.05. The van der Waals surface area contributed by atoms with Crippen LogP contribution in [-0.2, 0) is 0 Å². The normalized spacial score (nSPS) is 18.5. The van der Waals surface area contributed by atoms with Gasteiger partial charge in [0, 0.05) is 4.91 Å². The van der Waals surface area contributed by atoms with Gasteiger partial charge in [-0.15, -0.1) is 0 Å². The summed E-state index contributed by atoms with van der Waals surface area (Å²) >= 11 is 0. The molecule has 13 heavy (non-hydrogen) atoms. The second-order valence-electron chi connectivity index (χ2n) is 2.87. The predicted molar refractivity (Wildman–Crippen MR) is 73.8 cm³/mol. The average Bonchev–Trinajstić information content (AvgIpc) is 2.32. The third kappa shape index (κ3) is 6.52. The van der Waals surface area contributed by atoms with Gasteiger partial charge in [-0.1, -0.05) is 10.8 Å². The van der Waals surface area contributed by atoms with E-state index < -0.39 is 0 Å². The second kappa shape index (κ2) is 7.70. The summed E-state index contributed by atoms with van der Waals surface area (Å²) in [6.07, 6.45) is 2.49. The smallest absolute Gasteiger partial charge is 0.00389 e. The molecule has 6 heteroatoms. The highest BCUT2D eigenvalue weighted by Crippen LogP contribution is 2.55. The molecule has 1 aliphatic rings. The van der Waals surface area contributed by atoms with E-state index >= 15 is 0 Å². The summed E-state index contributed by atoms with van der Waals surface area (Å²) in [5.41, 5.74) is 0. The van der Waals surface area contributed by atoms with E-state index in [0.717, 1.165) is 0 Å². The largest absolute Gasteiger partial charge is 0.309 e. The molecule has 0 fully saturated rings. The van der Waals surface area contributed by atoms with Gasteiger partial charge in [0.05, 0.1) is 0 Å². The summed E-state index contributed by atoms with van der Waals surface area (Å²) in [6.45, 7) is 1.19. The maximum Gasteiger partial charge on any atom is 0.00389 e. The van der Waals surface area contributed by atoms with Gasteiger partial charge in [-0.2, -0.15) is 0 Å². The van der Waals surface area contributed by atoms with Gasteiger partial charge in [0.15, 0.2) is 0 Å². The van der Waals surface area contributed by atoms with Crippen molar-refractivity contribution in [2.75, 3.05) is 20.6 Å². The van der Waals surface area contributed by atoms with Crippen molar-refractivity contribution < 1.29 is 0 Å². The van der Waals surface area contributed by atoms with Crippen LogP contribution in [0, 0.1) is 0 Å². The molecule has 0 amide bonds. The fraction of sp³-hybridized carbons (Fsp3) is 0.714. The Morgan fingerprint density at radius 1 is 1.23 bits per heavy atom. The lowest BCUT2D eigenvalue weighted by atomic mass is 10.3. The Morgan fingerprint density at radius 2 is 2.08 bits per heavy atom. The van der Waals surface area contributed by atoms with E-state index in [1.807, 2.05) is 51.1 Å². The van der Waals surface area contributed by atoms with Crippen molar-refractivity contribution in [2.45, 2.75) is 12.8 Å². The van der Waals surface area contributed by atoms with Crippen LogP contribution in [0.5, 0.6) is 0 Å². The minimum atomic E-state index is 1.19. The molecule has 1 rings (SSSR count). The van der Waals surface area contributed by atoms with Crippen molar-refractivity contribution in [3.05, 3.63) is 10.3 Å². The van der Waals surface area contributed by atoms with Crippen LogP contribution in [0.3, 0.4) is 0 Å². The molecule has 0 bridgehead atoms. The molecule has 0 unspecified atom stereocenters. The van der Waals surface area contributed by atoms with Crippen LogP contribution in [0.4, 0.5) is 0 Å². The van der Waals surface area contributed by atoms with E-state index in [4.69, 9.17) is 0 Å². The van der Waals surface area contributed by atoms with Gasteiger partial charge in [-0.25, -0.2) is 0 Å².